The summed E-state index contributed by atoms with van der Waals surface area (Å²) in [4.78, 5) is 20.9. The van der Waals surface area contributed by atoms with E-state index in [4.69, 9.17) is 4.98 Å². The molecule has 124 valence electrons. The molecule has 0 aliphatic rings. The Morgan fingerprint density at radius 3 is 2.71 bits per heavy atom. The number of pyridine rings is 1. The number of hydrogen-bond acceptors (Lipinski definition) is 3. The van der Waals surface area contributed by atoms with E-state index in [0.717, 1.165) is 23.4 Å². The van der Waals surface area contributed by atoms with Gasteiger partial charge in [-0.25, -0.2) is 4.98 Å². The van der Waals surface area contributed by atoms with E-state index in [-0.39, 0.29) is 5.91 Å². The molecular weight excluding hydrogens is 300 g/mol. The first-order chi connectivity index (χ1) is 11.6. The minimum atomic E-state index is -0.151. The summed E-state index contributed by atoms with van der Waals surface area (Å²) in [5.74, 6) is 1.39. The first-order valence-electron chi connectivity index (χ1n) is 8.28. The van der Waals surface area contributed by atoms with Gasteiger partial charge in [0.25, 0.3) is 5.91 Å². The van der Waals surface area contributed by atoms with Gasteiger partial charge >= 0.3 is 0 Å². The Balaban J connectivity index is 1.72. The number of carbonyl (C=O) groups is 1. The second kappa shape index (κ2) is 7.25. The lowest BCUT2D eigenvalue weighted by Crippen LogP contribution is -2.27. The predicted octanol–water partition coefficient (Wildman–Crippen LogP) is 3.06. The molecule has 0 radical (unpaired) electrons. The minimum Gasteiger partial charge on any atom is -0.350 e. The highest BCUT2D eigenvalue weighted by molar-refractivity contribution is 5.92. The van der Waals surface area contributed by atoms with Crippen molar-refractivity contribution in [2.24, 2.45) is 5.92 Å². The van der Waals surface area contributed by atoms with Gasteiger partial charge in [0.15, 0.2) is 0 Å². The molecular formula is C19H22N4O. The Kier molecular flexibility index (Phi) is 4.89. The van der Waals surface area contributed by atoms with Crippen molar-refractivity contribution in [3.05, 3.63) is 60.2 Å². The maximum absolute atomic E-state index is 12.1. The highest BCUT2D eigenvalue weighted by atomic mass is 16.1. The monoisotopic (exact) mass is 322 g/mol. The standard InChI is InChI=1S/C19H22N4O/c1-14(2)13-23-17-9-4-3-7-15(17)22-18(23)10-12-21-19(24)16-8-5-6-11-20-16/h3-9,11,14H,10,12-13H2,1-2H3,(H,21,24). The van der Waals surface area contributed by atoms with Gasteiger partial charge in [0, 0.05) is 25.7 Å². The van der Waals surface area contributed by atoms with E-state index in [1.54, 1.807) is 18.3 Å². The molecule has 2 heterocycles. The Morgan fingerprint density at radius 2 is 1.96 bits per heavy atom. The molecule has 0 saturated heterocycles. The van der Waals surface area contributed by atoms with Gasteiger partial charge in [0.1, 0.15) is 11.5 Å². The van der Waals surface area contributed by atoms with Crippen LogP contribution in [-0.4, -0.2) is 27.0 Å². The summed E-state index contributed by atoms with van der Waals surface area (Å²) in [6, 6.07) is 13.5. The van der Waals surface area contributed by atoms with E-state index >= 15 is 0 Å². The molecule has 0 unspecified atom stereocenters. The van der Waals surface area contributed by atoms with Crippen molar-refractivity contribution < 1.29 is 4.79 Å². The molecule has 0 fully saturated rings. The zero-order valence-electron chi connectivity index (χ0n) is 14.1. The fourth-order valence-electron chi connectivity index (χ4n) is 2.76. The lowest BCUT2D eigenvalue weighted by molar-refractivity contribution is 0.0949. The number of carbonyl (C=O) groups excluding carboxylic acids is 1. The second-order valence-corrected chi connectivity index (χ2v) is 6.24. The third-order valence-electron chi connectivity index (χ3n) is 3.81. The van der Waals surface area contributed by atoms with Gasteiger partial charge in [-0.2, -0.15) is 0 Å². The van der Waals surface area contributed by atoms with E-state index in [9.17, 15) is 4.79 Å². The van der Waals surface area contributed by atoms with Crippen molar-refractivity contribution in [3.8, 4) is 0 Å². The molecule has 1 amide bonds. The van der Waals surface area contributed by atoms with E-state index in [1.165, 1.54) is 0 Å². The molecule has 2 aromatic heterocycles. The molecule has 0 spiro atoms. The summed E-state index contributed by atoms with van der Waals surface area (Å²) in [7, 11) is 0. The van der Waals surface area contributed by atoms with Crippen LogP contribution in [-0.2, 0) is 13.0 Å². The van der Waals surface area contributed by atoms with Crippen molar-refractivity contribution in [3.63, 3.8) is 0 Å². The number of aromatic nitrogens is 3. The second-order valence-electron chi connectivity index (χ2n) is 6.24. The highest BCUT2D eigenvalue weighted by Crippen LogP contribution is 2.18. The number of hydrogen-bond donors (Lipinski definition) is 1. The fraction of sp³-hybridized carbons (Fsp3) is 0.316. The Morgan fingerprint density at radius 1 is 1.17 bits per heavy atom. The summed E-state index contributed by atoms with van der Waals surface area (Å²) in [5.41, 5.74) is 2.59. The molecule has 1 N–H and O–H groups in total. The molecule has 0 aliphatic heterocycles. The number of fused-ring (bicyclic) bond motifs is 1. The topological polar surface area (TPSA) is 59.8 Å². The van der Waals surface area contributed by atoms with Gasteiger partial charge in [-0.05, 0) is 30.2 Å². The summed E-state index contributed by atoms with van der Waals surface area (Å²) in [5, 5.41) is 2.92. The molecule has 0 bridgehead atoms. The largest absolute Gasteiger partial charge is 0.350 e. The predicted molar refractivity (Wildman–Crippen MR) is 94.8 cm³/mol. The first-order valence-corrected chi connectivity index (χ1v) is 8.28. The van der Waals surface area contributed by atoms with Crippen LogP contribution in [0.2, 0.25) is 0 Å². The quantitative estimate of drug-likeness (QED) is 0.759. The first kappa shape index (κ1) is 16.2. The van der Waals surface area contributed by atoms with Crippen molar-refractivity contribution >= 4 is 16.9 Å². The third-order valence-corrected chi connectivity index (χ3v) is 3.81. The smallest absolute Gasteiger partial charge is 0.269 e. The summed E-state index contributed by atoms with van der Waals surface area (Å²) >= 11 is 0. The molecule has 24 heavy (non-hydrogen) atoms. The van der Waals surface area contributed by atoms with E-state index in [0.29, 0.717) is 24.6 Å². The van der Waals surface area contributed by atoms with Crippen molar-refractivity contribution in [1.29, 1.82) is 0 Å². The molecule has 3 aromatic rings. The summed E-state index contributed by atoms with van der Waals surface area (Å²) < 4.78 is 2.26. The molecule has 1 aromatic carbocycles. The van der Waals surface area contributed by atoms with Gasteiger partial charge in [-0.1, -0.05) is 32.0 Å². The van der Waals surface area contributed by atoms with Crippen LogP contribution in [0.5, 0.6) is 0 Å². The van der Waals surface area contributed by atoms with Crippen LogP contribution in [0.3, 0.4) is 0 Å². The number of nitrogens with zero attached hydrogens (tertiary/aromatic N) is 3. The van der Waals surface area contributed by atoms with Gasteiger partial charge in [-0.3, -0.25) is 9.78 Å². The lowest BCUT2D eigenvalue weighted by Gasteiger charge is -2.12. The Hall–Kier alpha value is -2.69. The molecule has 3 rings (SSSR count). The normalized spacial score (nSPS) is 11.1. The van der Waals surface area contributed by atoms with Crippen LogP contribution in [0.1, 0.15) is 30.2 Å². The summed E-state index contributed by atoms with van der Waals surface area (Å²) in [6.45, 7) is 5.85. The molecule has 5 nitrogen and oxygen atoms in total. The van der Waals surface area contributed by atoms with Crippen LogP contribution in [0.25, 0.3) is 11.0 Å². The van der Waals surface area contributed by atoms with Crippen LogP contribution in [0.15, 0.2) is 48.7 Å². The average molecular weight is 322 g/mol. The van der Waals surface area contributed by atoms with Gasteiger partial charge in [0.2, 0.25) is 0 Å². The number of rotatable bonds is 6. The SMILES string of the molecule is CC(C)Cn1c(CCNC(=O)c2ccccn2)nc2ccccc21. The van der Waals surface area contributed by atoms with Gasteiger partial charge in [-0.15, -0.1) is 0 Å². The fourth-order valence-corrected chi connectivity index (χ4v) is 2.76. The van der Waals surface area contributed by atoms with Crippen LogP contribution < -0.4 is 5.32 Å². The lowest BCUT2D eigenvalue weighted by atomic mass is 10.2. The maximum Gasteiger partial charge on any atom is 0.269 e. The van der Waals surface area contributed by atoms with E-state index in [1.807, 2.05) is 24.3 Å². The summed E-state index contributed by atoms with van der Waals surface area (Å²) in [6.07, 6.45) is 2.32. The highest BCUT2D eigenvalue weighted by Gasteiger charge is 2.12. The maximum atomic E-state index is 12.1. The van der Waals surface area contributed by atoms with E-state index in [2.05, 4.69) is 34.8 Å². The molecule has 5 heteroatoms. The average Bonchev–Trinajstić information content (AvgIpc) is 2.93. The number of para-hydroxylation sites is 2. The van der Waals surface area contributed by atoms with Gasteiger partial charge in [0.05, 0.1) is 11.0 Å². The minimum absolute atomic E-state index is 0.151. The number of benzene rings is 1. The van der Waals surface area contributed by atoms with Crippen LogP contribution in [0, 0.1) is 5.92 Å². The number of imidazole rings is 1. The molecule has 0 atom stereocenters. The van der Waals surface area contributed by atoms with Crippen molar-refractivity contribution in [2.75, 3.05) is 6.54 Å². The zero-order valence-corrected chi connectivity index (χ0v) is 14.1. The Labute approximate surface area is 141 Å². The number of nitrogens with one attached hydrogen (secondary N) is 1. The Bertz CT molecular complexity index is 824. The molecule has 0 aliphatic carbocycles. The third kappa shape index (κ3) is 3.62. The van der Waals surface area contributed by atoms with Crippen molar-refractivity contribution in [2.45, 2.75) is 26.8 Å². The van der Waals surface area contributed by atoms with Crippen molar-refractivity contribution in [1.82, 2.24) is 19.9 Å². The zero-order chi connectivity index (χ0) is 16.9. The van der Waals surface area contributed by atoms with Crippen LogP contribution in [0.4, 0.5) is 0 Å². The van der Waals surface area contributed by atoms with Gasteiger partial charge < -0.3 is 9.88 Å². The van der Waals surface area contributed by atoms with E-state index < -0.39 is 0 Å². The van der Waals surface area contributed by atoms with Crippen LogP contribution >= 0.6 is 0 Å². The number of amides is 1. The molecule has 0 saturated carbocycles.